The Kier molecular flexibility index (Phi) is 5.96. The molecule has 0 aliphatic carbocycles. The Balaban J connectivity index is 2.42. The van der Waals surface area contributed by atoms with Gasteiger partial charge in [0.05, 0.1) is 0 Å². The van der Waals surface area contributed by atoms with E-state index >= 15 is 0 Å². The zero-order valence-electron chi connectivity index (χ0n) is 14.7. The van der Waals surface area contributed by atoms with Crippen molar-refractivity contribution in [3.8, 4) is 0 Å². The van der Waals surface area contributed by atoms with E-state index in [1.807, 2.05) is 34.3 Å². The molecule has 2 aromatic carbocycles. The molecular weight excluding hydrogens is 296 g/mol. The lowest BCUT2D eigenvalue weighted by Gasteiger charge is -2.15. The largest absolute Gasteiger partial charge is 0.378 e. The van der Waals surface area contributed by atoms with Crippen molar-refractivity contribution in [2.45, 2.75) is 0 Å². The molecule has 0 radical (unpaired) electrons. The van der Waals surface area contributed by atoms with Crippen LogP contribution in [0, 0.1) is 0 Å². The van der Waals surface area contributed by atoms with Crippen molar-refractivity contribution in [2.24, 2.45) is 0 Å². The molecule has 3 nitrogen and oxygen atoms in total. The fourth-order valence-corrected chi connectivity index (χ4v) is 2.43. The van der Waals surface area contributed by atoms with Gasteiger partial charge in [-0.25, -0.2) is 0 Å². The van der Waals surface area contributed by atoms with Gasteiger partial charge in [0.15, 0.2) is 0 Å². The van der Waals surface area contributed by atoms with Crippen LogP contribution in [-0.4, -0.2) is 34.5 Å². The summed E-state index contributed by atoms with van der Waals surface area (Å²) in [6.07, 6.45) is 6.05. The van der Waals surface area contributed by atoms with E-state index < -0.39 is 0 Å². The highest BCUT2D eigenvalue weighted by Crippen LogP contribution is 2.27. The predicted octanol–water partition coefficient (Wildman–Crippen LogP) is 4.01. The zero-order valence-corrected chi connectivity index (χ0v) is 14.7. The lowest BCUT2D eigenvalue weighted by molar-refractivity contribution is -0.104. The van der Waals surface area contributed by atoms with E-state index in [2.05, 4.69) is 58.3 Å². The van der Waals surface area contributed by atoms with Crippen molar-refractivity contribution in [3.63, 3.8) is 0 Å². The Morgan fingerprint density at radius 2 is 1.12 bits per heavy atom. The number of allylic oxidation sites excluding steroid dienone is 3. The second-order valence-corrected chi connectivity index (χ2v) is 5.98. The summed E-state index contributed by atoms with van der Waals surface area (Å²) in [5.74, 6) is 0. The highest BCUT2D eigenvalue weighted by atomic mass is 16.1. The van der Waals surface area contributed by atoms with Crippen molar-refractivity contribution in [1.29, 1.82) is 0 Å². The Morgan fingerprint density at radius 1 is 0.708 bits per heavy atom. The van der Waals surface area contributed by atoms with Gasteiger partial charge in [0.1, 0.15) is 6.29 Å². The van der Waals surface area contributed by atoms with Crippen molar-refractivity contribution in [2.75, 3.05) is 38.0 Å². The molecule has 0 bridgehead atoms. The van der Waals surface area contributed by atoms with Crippen LogP contribution in [0.4, 0.5) is 11.4 Å². The number of nitrogens with zero attached hydrogens (tertiary/aromatic N) is 2. The molecule has 0 aliphatic heterocycles. The number of anilines is 2. The number of benzene rings is 2. The first-order valence-corrected chi connectivity index (χ1v) is 7.90. The van der Waals surface area contributed by atoms with Crippen LogP contribution in [0.5, 0.6) is 0 Å². The summed E-state index contributed by atoms with van der Waals surface area (Å²) in [5, 5.41) is 0. The lowest BCUT2D eigenvalue weighted by Crippen LogP contribution is -2.08. The monoisotopic (exact) mass is 320 g/mol. The van der Waals surface area contributed by atoms with Gasteiger partial charge in [0.2, 0.25) is 0 Å². The number of hydrogen-bond acceptors (Lipinski definition) is 3. The van der Waals surface area contributed by atoms with Crippen LogP contribution in [-0.2, 0) is 4.79 Å². The molecule has 2 rings (SSSR count). The molecule has 124 valence electrons. The molecule has 0 atom stereocenters. The van der Waals surface area contributed by atoms with Crippen LogP contribution in [0.15, 0.2) is 66.8 Å². The van der Waals surface area contributed by atoms with Gasteiger partial charge >= 0.3 is 0 Å². The summed E-state index contributed by atoms with van der Waals surface area (Å²) in [4.78, 5) is 14.7. The minimum atomic E-state index is 0.790. The van der Waals surface area contributed by atoms with Gasteiger partial charge in [-0.15, -0.1) is 0 Å². The lowest BCUT2D eigenvalue weighted by atomic mass is 9.97. The Morgan fingerprint density at radius 3 is 1.46 bits per heavy atom. The minimum absolute atomic E-state index is 0.790. The molecule has 0 spiro atoms. The smallest absolute Gasteiger partial charge is 0.142 e. The number of rotatable bonds is 6. The topological polar surface area (TPSA) is 23.6 Å². The Bertz CT molecular complexity index is 670. The molecule has 0 saturated heterocycles. The van der Waals surface area contributed by atoms with Crippen LogP contribution in [0.25, 0.3) is 5.57 Å². The number of aldehydes is 1. The van der Waals surface area contributed by atoms with Crippen LogP contribution >= 0.6 is 0 Å². The van der Waals surface area contributed by atoms with E-state index in [1.54, 1.807) is 6.08 Å². The normalized spacial score (nSPS) is 10.5. The van der Waals surface area contributed by atoms with Crippen LogP contribution in [0.3, 0.4) is 0 Å². The third-order valence-corrected chi connectivity index (χ3v) is 3.84. The summed E-state index contributed by atoms with van der Waals surface area (Å²) >= 11 is 0. The van der Waals surface area contributed by atoms with E-state index in [0.717, 1.165) is 34.4 Å². The van der Waals surface area contributed by atoms with E-state index in [0.29, 0.717) is 0 Å². The first kappa shape index (κ1) is 17.5. The fraction of sp³-hybridized carbons (Fsp3) is 0.190. The molecule has 2 aromatic rings. The molecule has 0 aromatic heterocycles. The third kappa shape index (κ3) is 4.35. The van der Waals surface area contributed by atoms with Gasteiger partial charge in [0.25, 0.3) is 0 Å². The van der Waals surface area contributed by atoms with Crippen LogP contribution in [0.2, 0.25) is 0 Å². The Labute approximate surface area is 144 Å². The SMILES string of the molecule is CN(C)c1ccc(C(=C/C=C/C=O)c2ccc(N(C)C)cc2)cc1. The van der Waals surface area contributed by atoms with Gasteiger partial charge in [0, 0.05) is 39.6 Å². The fourth-order valence-electron chi connectivity index (χ4n) is 2.43. The van der Waals surface area contributed by atoms with Crippen LogP contribution < -0.4 is 9.80 Å². The molecule has 24 heavy (non-hydrogen) atoms. The van der Waals surface area contributed by atoms with Crippen molar-refractivity contribution in [3.05, 3.63) is 77.9 Å². The van der Waals surface area contributed by atoms with Crippen molar-refractivity contribution < 1.29 is 4.79 Å². The quantitative estimate of drug-likeness (QED) is 0.456. The molecule has 0 N–H and O–H groups in total. The van der Waals surface area contributed by atoms with E-state index in [-0.39, 0.29) is 0 Å². The molecule has 0 amide bonds. The average Bonchev–Trinajstić information content (AvgIpc) is 2.59. The highest BCUT2D eigenvalue weighted by molar-refractivity contribution is 5.82. The second kappa shape index (κ2) is 8.16. The maximum atomic E-state index is 10.6. The molecule has 0 heterocycles. The maximum absolute atomic E-state index is 10.6. The van der Waals surface area contributed by atoms with Gasteiger partial charge in [-0.3, -0.25) is 4.79 Å². The average molecular weight is 320 g/mol. The second-order valence-electron chi connectivity index (χ2n) is 5.98. The molecule has 0 aliphatic rings. The standard InChI is InChI=1S/C21H24N2O/c1-22(2)19-12-8-17(9-13-19)21(7-5-6-16-24)18-10-14-20(15-11-18)23(3)4/h5-16H,1-4H3/b6-5+. The number of hydrogen-bond donors (Lipinski definition) is 0. The molecule has 0 fully saturated rings. The van der Waals surface area contributed by atoms with E-state index in [4.69, 9.17) is 0 Å². The predicted molar refractivity (Wildman–Crippen MR) is 104 cm³/mol. The summed E-state index contributed by atoms with van der Waals surface area (Å²) in [5.41, 5.74) is 5.64. The summed E-state index contributed by atoms with van der Waals surface area (Å²) in [6, 6.07) is 16.8. The van der Waals surface area contributed by atoms with Gasteiger partial charge < -0.3 is 9.80 Å². The molecule has 0 unspecified atom stereocenters. The maximum Gasteiger partial charge on any atom is 0.142 e. The summed E-state index contributed by atoms with van der Waals surface area (Å²) in [7, 11) is 8.11. The van der Waals surface area contributed by atoms with Crippen LogP contribution in [0.1, 0.15) is 11.1 Å². The summed E-state index contributed by atoms with van der Waals surface area (Å²) < 4.78 is 0. The van der Waals surface area contributed by atoms with Gasteiger partial charge in [-0.1, -0.05) is 36.4 Å². The Hall–Kier alpha value is -2.81. The van der Waals surface area contributed by atoms with Gasteiger partial charge in [-0.2, -0.15) is 0 Å². The number of carbonyl (C=O) groups is 1. The first-order valence-electron chi connectivity index (χ1n) is 7.90. The molecular formula is C21H24N2O. The zero-order chi connectivity index (χ0) is 17.5. The van der Waals surface area contributed by atoms with Crippen molar-refractivity contribution >= 4 is 23.2 Å². The van der Waals surface area contributed by atoms with Crippen molar-refractivity contribution in [1.82, 2.24) is 0 Å². The third-order valence-electron chi connectivity index (χ3n) is 3.84. The molecule has 0 saturated carbocycles. The number of carbonyl (C=O) groups excluding carboxylic acids is 1. The highest BCUT2D eigenvalue weighted by Gasteiger charge is 2.06. The van der Waals surface area contributed by atoms with E-state index in [9.17, 15) is 4.79 Å². The minimum Gasteiger partial charge on any atom is -0.378 e. The summed E-state index contributed by atoms with van der Waals surface area (Å²) in [6.45, 7) is 0. The van der Waals surface area contributed by atoms with Gasteiger partial charge in [-0.05, 0) is 47.0 Å². The molecule has 3 heteroatoms. The first-order chi connectivity index (χ1) is 11.5. The van der Waals surface area contributed by atoms with E-state index in [1.165, 1.54) is 6.08 Å².